The summed E-state index contributed by atoms with van der Waals surface area (Å²) in [6.07, 6.45) is 0.929. The van der Waals surface area contributed by atoms with Gasteiger partial charge in [0.15, 0.2) is 0 Å². The summed E-state index contributed by atoms with van der Waals surface area (Å²) in [4.78, 5) is 43.8. The third kappa shape index (κ3) is 4.68. The van der Waals surface area contributed by atoms with Crippen molar-refractivity contribution in [3.8, 4) is 0 Å². The van der Waals surface area contributed by atoms with Crippen molar-refractivity contribution in [2.75, 3.05) is 50.2 Å². The highest BCUT2D eigenvalue weighted by Crippen LogP contribution is 2.39. The molecule has 0 radical (unpaired) electrons. The Kier molecular flexibility index (Phi) is 6.60. The van der Waals surface area contributed by atoms with E-state index in [-0.39, 0.29) is 37.5 Å². The molecule has 3 amide bonds. The number of carbonyl (C=O) groups is 3. The van der Waals surface area contributed by atoms with Gasteiger partial charge in [0.1, 0.15) is 24.5 Å². The molecule has 2 heterocycles. The molecule has 33 heavy (non-hydrogen) atoms. The van der Waals surface area contributed by atoms with E-state index >= 15 is 0 Å². The Morgan fingerprint density at radius 2 is 1.73 bits per heavy atom. The molecule has 2 aromatic carbocycles. The molecule has 174 valence electrons. The molecule has 0 aromatic heterocycles. The molecule has 9 heteroatoms. The van der Waals surface area contributed by atoms with E-state index in [0.29, 0.717) is 31.6 Å². The molecular weight excluding hydrogens is 427 g/mol. The lowest BCUT2D eigenvalue weighted by Gasteiger charge is -2.43. The summed E-state index contributed by atoms with van der Waals surface area (Å²) in [7, 11) is 1.48. The number of likely N-dealkylation sites (tertiary alicyclic amines) is 1. The molecule has 0 saturated carbocycles. The first-order chi connectivity index (χ1) is 15.9. The van der Waals surface area contributed by atoms with E-state index in [2.05, 4.69) is 5.32 Å². The second-order valence-electron chi connectivity index (χ2n) is 8.31. The van der Waals surface area contributed by atoms with Crippen LogP contribution in [0.3, 0.4) is 0 Å². The number of rotatable bonds is 6. The third-order valence-corrected chi connectivity index (χ3v) is 6.26. The molecule has 0 atom stereocenters. The van der Waals surface area contributed by atoms with Crippen molar-refractivity contribution in [2.24, 2.45) is 0 Å². The Balaban J connectivity index is 1.51. The van der Waals surface area contributed by atoms with Gasteiger partial charge < -0.3 is 24.8 Å². The Bertz CT molecular complexity index is 1010. The van der Waals surface area contributed by atoms with Crippen LogP contribution >= 0.6 is 0 Å². The number of anilines is 2. The molecule has 2 aliphatic rings. The summed E-state index contributed by atoms with van der Waals surface area (Å²) in [5, 5.41) is 2.71. The number of halogens is 1. The van der Waals surface area contributed by atoms with E-state index in [1.165, 1.54) is 31.4 Å². The number of amides is 3. The largest absolute Gasteiger partial charge is 0.375 e. The number of benzene rings is 2. The monoisotopic (exact) mass is 454 g/mol. The SMILES string of the molecule is COCC(=O)N1CCC2(CC1)C(=O)N(CC(=O)Nc1ccc(F)cc1)CN2c1ccccc1. The highest BCUT2D eigenvalue weighted by atomic mass is 19.1. The fourth-order valence-electron chi connectivity index (χ4n) is 4.57. The van der Waals surface area contributed by atoms with Crippen LogP contribution in [-0.2, 0) is 19.1 Å². The maximum absolute atomic E-state index is 13.6. The second kappa shape index (κ2) is 9.58. The number of piperidine rings is 1. The smallest absolute Gasteiger partial charge is 0.250 e. The number of methoxy groups -OCH3 is 1. The summed E-state index contributed by atoms with van der Waals surface area (Å²) in [5.74, 6) is -0.967. The predicted octanol–water partition coefficient (Wildman–Crippen LogP) is 2.08. The first-order valence-electron chi connectivity index (χ1n) is 10.9. The lowest BCUT2D eigenvalue weighted by molar-refractivity contribution is -0.141. The van der Waals surface area contributed by atoms with Crippen LogP contribution in [0.1, 0.15) is 12.8 Å². The topological polar surface area (TPSA) is 82.2 Å². The fraction of sp³-hybridized carbons (Fsp3) is 0.375. The molecule has 2 aliphatic heterocycles. The number of nitrogens with one attached hydrogen (secondary N) is 1. The van der Waals surface area contributed by atoms with E-state index in [1.807, 2.05) is 35.2 Å². The molecule has 1 N–H and O–H groups in total. The van der Waals surface area contributed by atoms with Gasteiger partial charge in [0.2, 0.25) is 11.8 Å². The Morgan fingerprint density at radius 1 is 1.06 bits per heavy atom. The van der Waals surface area contributed by atoms with Gasteiger partial charge in [-0.25, -0.2) is 4.39 Å². The lowest BCUT2D eigenvalue weighted by atomic mass is 9.85. The van der Waals surface area contributed by atoms with Crippen LogP contribution < -0.4 is 10.2 Å². The van der Waals surface area contributed by atoms with Crippen LogP contribution in [0.25, 0.3) is 0 Å². The van der Waals surface area contributed by atoms with Crippen LogP contribution in [0.15, 0.2) is 54.6 Å². The maximum atomic E-state index is 13.6. The van der Waals surface area contributed by atoms with E-state index in [1.54, 1.807) is 9.80 Å². The molecular formula is C24H27FN4O4. The summed E-state index contributed by atoms with van der Waals surface area (Å²) < 4.78 is 18.1. The molecule has 4 rings (SSSR count). The number of hydrogen-bond donors (Lipinski definition) is 1. The minimum absolute atomic E-state index is 0.0129. The van der Waals surface area contributed by atoms with Crippen molar-refractivity contribution in [3.05, 3.63) is 60.4 Å². The van der Waals surface area contributed by atoms with Gasteiger partial charge >= 0.3 is 0 Å². The first kappa shape index (κ1) is 22.7. The van der Waals surface area contributed by atoms with Crippen LogP contribution in [0.5, 0.6) is 0 Å². The highest BCUT2D eigenvalue weighted by Gasteiger charge is 2.54. The van der Waals surface area contributed by atoms with Crippen molar-refractivity contribution >= 4 is 29.1 Å². The Labute approximate surface area is 191 Å². The van der Waals surface area contributed by atoms with E-state index in [4.69, 9.17) is 4.74 Å². The maximum Gasteiger partial charge on any atom is 0.250 e. The second-order valence-corrected chi connectivity index (χ2v) is 8.31. The van der Waals surface area contributed by atoms with Gasteiger partial charge in [-0.2, -0.15) is 0 Å². The molecule has 0 bridgehead atoms. The fourth-order valence-corrected chi connectivity index (χ4v) is 4.57. The van der Waals surface area contributed by atoms with Crippen LogP contribution in [-0.4, -0.2) is 73.1 Å². The standard InChI is InChI=1S/C24H27FN4O4/c1-33-16-22(31)27-13-11-24(12-14-27)23(32)28(17-29(24)20-5-3-2-4-6-20)15-21(30)26-19-9-7-18(25)8-10-19/h2-10H,11-17H2,1H3,(H,26,30). The normalized spacial score (nSPS) is 17.5. The summed E-state index contributed by atoms with van der Waals surface area (Å²) in [6.45, 7) is 1.04. The number of ether oxygens (including phenoxy) is 1. The van der Waals surface area contributed by atoms with Gasteiger partial charge in [0.05, 0.1) is 6.67 Å². The molecule has 0 aliphatic carbocycles. The zero-order valence-electron chi connectivity index (χ0n) is 18.5. The quantitative estimate of drug-likeness (QED) is 0.723. The summed E-state index contributed by atoms with van der Waals surface area (Å²) in [5.41, 5.74) is 0.540. The average Bonchev–Trinajstić information content (AvgIpc) is 3.08. The molecule has 0 unspecified atom stereocenters. The van der Waals surface area contributed by atoms with Crippen molar-refractivity contribution in [1.29, 1.82) is 0 Å². The minimum atomic E-state index is -0.818. The van der Waals surface area contributed by atoms with Gasteiger partial charge in [0.25, 0.3) is 5.91 Å². The summed E-state index contributed by atoms with van der Waals surface area (Å²) in [6, 6.07) is 15.1. The number of hydrogen-bond acceptors (Lipinski definition) is 5. The highest BCUT2D eigenvalue weighted by molar-refractivity contribution is 5.99. The van der Waals surface area contributed by atoms with Crippen LogP contribution in [0.2, 0.25) is 0 Å². The Hall–Kier alpha value is -3.46. The molecule has 1 spiro atoms. The zero-order valence-corrected chi connectivity index (χ0v) is 18.5. The average molecular weight is 455 g/mol. The van der Waals surface area contributed by atoms with E-state index < -0.39 is 11.4 Å². The van der Waals surface area contributed by atoms with Crippen LogP contribution in [0, 0.1) is 5.82 Å². The lowest BCUT2D eigenvalue weighted by Crippen LogP contribution is -2.57. The zero-order chi connectivity index (χ0) is 23.4. The third-order valence-electron chi connectivity index (χ3n) is 6.26. The number of carbonyl (C=O) groups excluding carboxylic acids is 3. The van der Waals surface area contributed by atoms with Crippen molar-refractivity contribution in [3.63, 3.8) is 0 Å². The van der Waals surface area contributed by atoms with E-state index in [9.17, 15) is 18.8 Å². The van der Waals surface area contributed by atoms with Crippen molar-refractivity contribution in [2.45, 2.75) is 18.4 Å². The number of para-hydroxylation sites is 1. The molecule has 2 aromatic rings. The first-order valence-corrected chi connectivity index (χ1v) is 10.9. The Morgan fingerprint density at radius 3 is 2.36 bits per heavy atom. The van der Waals surface area contributed by atoms with E-state index in [0.717, 1.165) is 5.69 Å². The van der Waals surface area contributed by atoms with Crippen LogP contribution in [0.4, 0.5) is 15.8 Å². The van der Waals surface area contributed by atoms with Crippen molar-refractivity contribution in [1.82, 2.24) is 9.80 Å². The molecule has 8 nitrogen and oxygen atoms in total. The minimum Gasteiger partial charge on any atom is -0.375 e. The van der Waals surface area contributed by atoms with Gasteiger partial charge in [-0.3, -0.25) is 14.4 Å². The number of nitrogens with zero attached hydrogens (tertiary/aromatic N) is 3. The van der Waals surface area contributed by atoms with Crippen molar-refractivity contribution < 1.29 is 23.5 Å². The van der Waals surface area contributed by atoms with Gasteiger partial charge in [-0.1, -0.05) is 18.2 Å². The van der Waals surface area contributed by atoms with Gasteiger partial charge in [0, 0.05) is 31.6 Å². The summed E-state index contributed by atoms with van der Waals surface area (Å²) >= 11 is 0. The molecule has 2 fully saturated rings. The molecule has 2 saturated heterocycles. The van der Waals surface area contributed by atoms with Gasteiger partial charge in [-0.05, 0) is 49.2 Å². The predicted molar refractivity (Wildman–Crippen MR) is 121 cm³/mol. The van der Waals surface area contributed by atoms with Gasteiger partial charge in [-0.15, -0.1) is 0 Å².